The van der Waals surface area contributed by atoms with Crippen molar-refractivity contribution in [1.82, 2.24) is 4.90 Å². The van der Waals surface area contributed by atoms with Crippen LogP contribution in [-0.2, 0) is 6.42 Å². The highest BCUT2D eigenvalue weighted by Crippen LogP contribution is 2.22. The number of likely N-dealkylation sites (tertiary alicyclic amines) is 1. The number of carbonyl (C=O) groups excluding carboxylic acids is 1. The van der Waals surface area contributed by atoms with Crippen molar-refractivity contribution in [1.29, 1.82) is 0 Å². The van der Waals surface area contributed by atoms with Crippen LogP contribution in [-0.4, -0.2) is 23.9 Å². The lowest BCUT2D eigenvalue weighted by Gasteiger charge is -2.16. The van der Waals surface area contributed by atoms with E-state index in [9.17, 15) is 4.79 Å². The summed E-state index contributed by atoms with van der Waals surface area (Å²) in [6.07, 6.45) is 2.17. The normalized spacial score (nSPS) is 18.2. The molecule has 1 fully saturated rings. The quantitative estimate of drug-likeness (QED) is 0.833. The molecule has 0 unspecified atom stereocenters. The molecular formula is C18H19NO. The van der Waals surface area contributed by atoms with Crippen molar-refractivity contribution in [3.8, 4) is 0 Å². The summed E-state index contributed by atoms with van der Waals surface area (Å²) in [6, 6.07) is 20.1. The van der Waals surface area contributed by atoms with Gasteiger partial charge in [0, 0.05) is 18.7 Å². The number of amides is 1. The fourth-order valence-electron chi connectivity index (χ4n) is 2.89. The average molecular weight is 265 g/mol. The molecule has 1 atom stereocenters. The molecule has 0 bridgehead atoms. The van der Waals surface area contributed by atoms with E-state index in [0.29, 0.717) is 5.92 Å². The predicted molar refractivity (Wildman–Crippen MR) is 80.6 cm³/mol. The van der Waals surface area contributed by atoms with Gasteiger partial charge in [0.15, 0.2) is 0 Å². The van der Waals surface area contributed by atoms with Gasteiger partial charge < -0.3 is 4.90 Å². The van der Waals surface area contributed by atoms with E-state index in [1.165, 1.54) is 5.56 Å². The Bertz CT molecular complexity index is 564. The van der Waals surface area contributed by atoms with E-state index in [0.717, 1.165) is 31.5 Å². The summed E-state index contributed by atoms with van der Waals surface area (Å²) in [6.45, 7) is 1.76. The largest absolute Gasteiger partial charge is 0.338 e. The van der Waals surface area contributed by atoms with Crippen LogP contribution < -0.4 is 0 Å². The average Bonchev–Trinajstić information content (AvgIpc) is 2.97. The Morgan fingerprint density at radius 3 is 2.35 bits per heavy atom. The van der Waals surface area contributed by atoms with Gasteiger partial charge >= 0.3 is 0 Å². The van der Waals surface area contributed by atoms with Gasteiger partial charge in [0.05, 0.1) is 0 Å². The van der Waals surface area contributed by atoms with E-state index in [1.807, 2.05) is 41.3 Å². The lowest BCUT2D eigenvalue weighted by molar-refractivity contribution is 0.0787. The SMILES string of the molecule is O=C(c1ccccc1)N1CC[C@H](Cc2ccccc2)C1. The summed E-state index contributed by atoms with van der Waals surface area (Å²) < 4.78 is 0. The smallest absolute Gasteiger partial charge is 0.253 e. The van der Waals surface area contributed by atoms with Gasteiger partial charge in [-0.2, -0.15) is 0 Å². The first-order chi connectivity index (χ1) is 9.83. The molecule has 0 N–H and O–H groups in total. The van der Waals surface area contributed by atoms with Crippen molar-refractivity contribution in [3.63, 3.8) is 0 Å². The number of carbonyl (C=O) groups is 1. The number of hydrogen-bond acceptors (Lipinski definition) is 1. The highest BCUT2D eigenvalue weighted by molar-refractivity contribution is 5.94. The highest BCUT2D eigenvalue weighted by atomic mass is 16.2. The van der Waals surface area contributed by atoms with E-state index >= 15 is 0 Å². The fourth-order valence-corrected chi connectivity index (χ4v) is 2.89. The topological polar surface area (TPSA) is 20.3 Å². The van der Waals surface area contributed by atoms with Crippen LogP contribution in [0.25, 0.3) is 0 Å². The maximum absolute atomic E-state index is 12.4. The molecule has 1 amide bonds. The lowest BCUT2D eigenvalue weighted by Crippen LogP contribution is -2.28. The van der Waals surface area contributed by atoms with Gasteiger partial charge in [-0.05, 0) is 36.5 Å². The highest BCUT2D eigenvalue weighted by Gasteiger charge is 2.26. The van der Waals surface area contributed by atoms with Crippen LogP contribution in [0.5, 0.6) is 0 Å². The second-order valence-corrected chi connectivity index (χ2v) is 5.46. The van der Waals surface area contributed by atoms with Crippen LogP contribution in [0, 0.1) is 5.92 Å². The Kier molecular flexibility index (Phi) is 3.82. The zero-order chi connectivity index (χ0) is 13.8. The zero-order valence-corrected chi connectivity index (χ0v) is 11.5. The molecule has 0 aromatic heterocycles. The van der Waals surface area contributed by atoms with Crippen molar-refractivity contribution in [2.75, 3.05) is 13.1 Å². The second kappa shape index (κ2) is 5.91. The summed E-state index contributed by atoms with van der Waals surface area (Å²) in [7, 11) is 0. The molecule has 2 nitrogen and oxygen atoms in total. The third-order valence-corrected chi connectivity index (χ3v) is 3.96. The van der Waals surface area contributed by atoms with Crippen molar-refractivity contribution in [3.05, 3.63) is 71.8 Å². The molecule has 0 saturated carbocycles. The van der Waals surface area contributed by atoms with Crippen molar-refractivity contribution in [2.45, 2.75) is 12.8 Å². The first kappa shape index (κ1) is 12.9. The van der Waals surface area contributed by atoms with Crippen LogP contribution in [0.15, 0.2) is 60.7 Å². The van der Waals surface area contributed by atoms with Gasteiger partial charge in [-0.15, -0.1) is 0 Å². The second-order valence-electron chi connectivity index (χ2n) is 5.46. The Morgan fingerprint density at radius 1 is 1.00 bits per heavy atom. The summed E-state index contributed by atoms with van der Waals surface area (Å²) in [5, 5.41) is 0. The summed E-state index contributed by atoms with van der Waals surface area (Å²) >= 11 is 0. The summed E-state index contributed by atoms with van der Waals surface area (Å²) in [5.74, 6) is 0.756. The molecule has 0 spiro atoms. The van der Waals surface area contributed by atoms with Gasteiger partial charge in [0.2, 0.25) is 0 Å². The zero-order valence-electron chi connectivity index (χ0n) is 11.5. The molecule has 1 aliphatic heterocycles. The van der Waals surface area contributed by atoms with Gasteiger partial charge in [-0.1, -0.05) is 48.5 Å². The van der Waals surface area contributed by atoms with Crippen molar-refractivity contribution >= 4 is 5.91 Å². The maximum atomic E-state index is 12.4. The third-order valence-electron chi connectivity index (χ3n) is 3.96. The molecule has 2 aromatic rings. The minimum Gasteiger partial charge on any atom is -0.338 e. The molecule has 2 aromatic carbocycles. The number of hydrogen-bond donors (Lipinski definition) is 0. The van der Waals surface area contributed by atoms with Gasteiger partial charge in [0.25, 0.3) is 5.91 Å². The van der Waals surface area contributed by atoms with Crippen LogP contribution >= 0.6 is 0 Å². The molecule has 0 radical (unpaired) electrons. The molecule has 102 valence electrons. The number of nitrogens with zero attached hydrogens (tertiary/aromatic N) is 1. The van der Waals surface area contributed by atoms with E-state index < -0.39 is 0 Å². The first-order valence-electron chi connectivity index (χ1n) is 7.21. The molecule has 2 heteroatoms. The Balaban J connectivity index is 1.61. The fraction of sp³-hybridized carbons (Fsp3) is 0.278. The monoisotopic (exact) mass is 265 g/mol. The molecule has 1 heterocycles. The molecule has 1 saturated heterocycles. The molecule has 3 rings (SSSR count). The number of benzene rings is 2. The lowest BCUT2D eigenvalue weighted by atomic mass is 9.99. The standard InChI is InChI=1S/C18H19NO/c20-18(17-9-5-2-6-10-17)19-12-11-16(14-19)13-15-7-3-1-4-8-15/h1-10,16H,11-14H2/t16-/m1/s1. The van der Waals surface area contributed by atoms with E-state index in [4.69, 9.17) is 0 Å². The number of rotatable bonds is 3. The van der Waals surface area contributed by atoms with Crippen LogP contribution in [0.2, 0.25) is 0 Å². The summed E-state index contributed by atoms with van der Waals surface area (Å²) in [5.41, 5.74) is 2.17. The third kappa shape index (κ3) is 2.90. The Morgan fingerprint density at radius 2 is 1.65 bits per heavy atom. The van der Waals surface area contributed by atoms with Crippen molar-refractivity contribution in [2.24, 2.45) is 5.92 Å². The van der Waals surface area contributed by atoms with E-state index in [-0.39, 0.29) is 5.91 Å². The minimum absolute atomic E-state index is 0.168. The first-order valence-corrected chi connectivity index (χ1v) is 7.21. The van der Waals surface area contributed by atoms with E-state index in [2.05, 4.69) is 24.3 Å². The molecular weight excluding hydrogens is 246 g/mol. The maximum Gasteiger partial charge on any atom is 0.253 e. The molecule has 1 aliphatic rings. The van der Waals surface area contributed by atoms with Gasteiger partial charge in [0.1, 0.15) is 0 Å². The Hall–Kier alpha value is -2.09. The Labute approximate surface area is 120 Å². The molecule has 20 heavy (non-hydrogen) atoms. The van der Waals surface area contributed by atoms with Gasteiger partial charge in [-0.25, -0.2) is 0 Å². The molecule has 0 aliphatic carbocycles. The van der Waals surface area contributed by atoms with Gasteiger partial charge in [-0.3, -0.25) is 4.79 Å². The van der Waals surface area contributed by atoms with Crippen LogP contribution in [0.1, 0.15) is 22.3 Å². The van der Waals surface area contributed by atoms with Crippen molar-refractivity contribution < 1.29 is 4.79 Å². The van der Waals surface area contributed by atoms with E-state index in [1.54, 1.807) is 0 Å². The predicted octanol–water partition coefficient (Wildman–Crippen LogP) is 3.39. The summed E-state index contributed by atoms with van der Waals surface area (Å²) in [4.78, 5) is 14.4. The minimum atomic E-state index is 0.168. The van der Waals surface area contributed by atoms with Crippen LogP contribution in [0.4, 0.5) is 0 Å². The van der Waals surface area contributed by atoms with Crippen LogP contribution in [0.3, 0.4) is 0 Å².